The van der Waals surface area contributed by atoms with Gasteiger partial charge >= 0.3 is 0 Å². The van der Waals surface area contributed by atoms with E-state index >= 15 is 0 Å². The molecule has 0 unspecified atom stereocenters. The van der Waals surface area contributed by atoms with Gasteiger partial charge < -0.3 is 5.73 Å². The molecule has 0 saturated carbocycles. The molecule has 19 heavy (non-hydrogen) atoms. The van der Waals surface area contributed by atoms with Crippen LogP contribution in [0.1, 0.15) is 35.9 Å². The number of anilines is 1. The first-order valence-corrected chi connectivity index (χ1v) is 7.72. The molecule has 0 bridgehead atoms. The van der Waals surface area contributed by atoms with Crippen molar-refractivity contribution in [2.45, 2.75) is 26.2 Å². The predicted molar refractivity (Wildman–Crippen MR) is 84.9 cm³/mol. The van der Waals surface area contributed by atoms with Crippen LogP contribution in [0.25, 0.3) is 0 Å². The number of halogens is 3. The van der Waals surface area contributed by atoms with Crippen LogP contribution in [0.3, 0.4) is 0 Å². The Hall–Kier alpha value is -0.480. The molecule has 0 aliphatic heterocycles. The fourth-order valence-corrected chi connectivity index (χ4v) is 3.81. The van der Waals surface area contributed by atoms with Crippen LogP contribution in [0.4, 0.5) is 5.13 Å². The van der Waals surface area contributed by atoms with Gasteiger partial charge in [-0.25, -0.2) is 4.98 Å². The zero-order chi connectivity index (χ0) is 14.2. The molecule has 102 valence electrons. The number of nitrogen functional groups attached to an aromatic ring is 1. The van der Waals surface area contributed by atoms with Crippen LogP contribution < -0.4 is 5.73 Å². The van der Waals surface area contributed by atoms with Crippen LogP contribution in [0, 0.1) is 0 Å². The highest BCUT2D eigenvalue weighted by Gasteiger charge is 2.16. The second-order valence-electron chi connectivity index (χ2n) is 4.54. The molecule has 2 rings (SSSR count). The Labute approximate surface area is 131 Å². The van der Waals surface area contributed by atoms with Gasteiger partial charge in [0, 0.05) is 26.4 Å². The summed E-state index contributed by atoms with van der Waals surface area (Å²) in [5.41, 5.74) is 7.66. The molecule has 2 aromatic rings. The second-order valence-corrected chi connectivity index (χ2v) is 6.91. The maximum absolute atomic E-state index is 6.21. The van der Waals surface area contributed by atoms with Crippen molar-refractivity contribution in [2.75, 3.05) is 5.73 Å². The number of rotatable bonds is 3. The maximum atomic E-state index is 6.21. The Morgan fingerprint density at radius 3 is 2.32 bits per heavy atom. The van der Waals surface area contributed by atoms with Crippen LogP contribution in [0.5, 0.6) is 0 Å². The quantitative estimate of drug-likeness (QED) is 0.815. The molecule has 1 heterocycles. The van der Waals surface area contributed by atoms with Gasteiger partial charge in [0.05, 0.1) is 5.69 Å². The summed E-state index contributed by atoms with van der Waals surface area (Å²) in [6.45, 7) is 4.17. The van der Waals surface area contributed by atoms with Gasteiger partial charge in [-0.3, -0.25) is 0 Å². The van der Waals surface area contributed by atoms with Crippen LogP contribution >= 0.6 is 46.1 Å². The fourth-order valence-electron chi connectivity index (χ4n) is 1.86. The first kappa shape index (κ1) is 14.9. The van der Waals surface area contributed by atoms with E-state index in [2.05, 4.69) is 18.8 Å². The van der Waals surface area contributed by atoms with E-state index in [0.29, 0.717) is 32.5 Å². The number of thiazole rings is 1. The minimum absolute atomic E-state index is 0.313. The minimum Gasteiger partial charge on any atom is -0.375 e. The van der Waals surface area contributed by atoms with Gasteiger partial charge in [-0.15, -0.1) is 11.3 Å². The molecule has 0 radical (unpaired) electrons. The molecule has 1 aromatic heterocycles. The molecule has 0 aliphatic rings. The summed E-state index contributed by atoms with van der Waals surface area (Å²) in [5.74, 6) is 0.313. The number of nitrogens with two attached hydrogens (primary N) is 1. The van der Waals surface area contributed by atoms with Crippen molar-refractivity contribution >= 4 is 51.3 Å². The Balaban J connectivity index is 2.42. The molecular weight excluding hydrogens is 323 g/mol. The number of aromatic nitrogens is 1. The van der Waals surface area contributed by atoms with E-state index in [9.17, 15) is 0 Å². The SMILES string of the molecule is CC(C)c1nc(N)sc1Cc1c(Cl)cc(Cl)cc1Cl. The maximum Gasteiger partial charge on any atom is 0.180 e. The smallest absolute Gasteiger partial charge is 0.180 e. The van der Waals surface area contributed by atoms with Crippen molar-refractivity contribution in [3.63, 3.8) is 0 Å². The zero-order valence-electron chi connectivity index (χ0n) is 10.5. The second kappa shape index (κ2) is 5.88. The Bertz CT molecular complexity index is 585. The molecule has 0 aliphatic carbocycles. The highest BCUT2D eigenvalue weighted by Crippen LogP contribution is 2.35. The minimum atomic E-state index is 0.313. The van der Waals surface area contributed by atoms with Crippen molar-refractivity contribution in [2.24, 2.45) is 0 Å². The lowest BCUT2D eigenvalue weighted by molar-refractivity contribution is 0.820. The summed E-state index contributed by atoms with van der Waals surface area (Å²) in [6.07, 6.45) is 0.622. The Morgan fingerprint density at radius 1 is 1.21 bits per heavy atom. The van der Waals surface area contributed by atoms with Gasteiger partial charge in [-0.05, 0) is 23.6 Å². The lowest BCUT2D eigenvalue weighted by Gasteiger charge is -2.09. The van der Waals surface area contributed by atoms with Crippen LogP contribution in [-0.4, -0.2) is 4.98 Å². The standard InChI is InChI=1S/C13H13Cl3N2S/c1-6(2)12-11(19-13(17)18-12)5-8-9(15)3-7(14)4-10(8)16/h3-4,6H,5H2,1-2H3,(H2,17,18). The zero-order valence-corrected chi connectivity index (χ0v) is 13.6. The Kier molecular flexibility index (Phi) is 4.62. The molecule has 6 heteroatoms. The summed E-state index contributed by atoms with van der Waals surface area (Å²) in [7, 11) is 0. The molecule has 2 nitrogen and oxygen atoms in total. The van der Waals surface area contributed by atoms with Crippen LogP contribution in [-0.2, 0) is 6.42 Å². The summed E-state index contributed by atoms with van der Waals surface area (Å²) >= 11 is 19.8. The highest BCUT2D eigenvalue weighted by atomic mass is 35.5. The first-order chi connectivity index (χ1) is 8.88. The van der Waals surface area contributed by atoms with E-state index in [1.54, 1.807) is 12.1 Å². The van der Waals surface area contributed by atoms with Crippen molar-refractivity contribution < 1.29 is 0 Å². The molecule has 1 aromatic carbocycles. The van der Waals surface area contributed by atoms with Crippen molar-refractivity contribution in [1.29, 1.82) is 0 Å². The monoisotopic (exact) mass is 334 g/mol. The molecule has 0 fully saturated rings. The largest absolute Gasteiger partial charge is 0.375 e. The van der Waals surface area contributed by atoms with Gasteiger partial charge in [-0.1, -0.05) is 48.7 Å². The predicted octanol–water partition coefficient (Wildman–Crippen LogP) is 5.40. The van der Waals surface area contributed by atoms with Gasteiger partial charge in [0.2, 0.25) is 0 Å². The lowest BCUT2D eigenvalue weighted by Crippen LogP contribution is -1.96. The van der Waals surface area contributed by atoms with Crippen molar-refractivity contribution in [3.05, 3.63) is 43.3 Å². The highest BCUT2D eigenvalue weighted by molar-refractivity contribution is 7.15. The van der Waals surface area contributed by atoms with Crippen molar-refractivity contribution in [1.82, 2.24) is 4.98 Å². The van der Waals surface area contributed by atoms with E-state index in [1.807, 2.05) is 0 Å². The first-order valence-electron chi connectivity index (χ1n) is 5.77. The van der Waals surface area contributed by atoms with E-state index in [1.165, 1.54) is 11.3 Å². The van der Waals surface area contributed by atoms with E-state index in [-0.39, 0.29) is 0 Å². The normalized spacial score (nSPS) is 11.3. The van der Waals surface area contributed by atoms with E-state index < -0.39 is 0 Å². The lowest BCUT2D eigenvalue weighted by atomic mass is 10.0. The van der Waals surface area contributed by atoms with Gasteiger partial charge in [-0.2, -0.15) is 0 Å². The molecule has 2 N–H and O–H groups in total. The third-order valence-electron chi connectivity index (χ3n) is 2.73. The molecular formula is C13H13Cl3N2S. The molecule has 0 spiro atoms. The summed E-state index contributed by atoms with van der Waals surface area (Å²) in [6, 6.07) is 3.40. The average Bonchev–Trinajstić information content (AvgIpc) is 2.65. The number of nitrogens with zero attached hydrogens (tertiary/aromatic N) is 1. The van der Waals surface area contributed by atoms with Gasteiger partial charge in [0.25, 0.3) is 0 Å². The summed E-state index contributed by atoms with van der Waals surface area (Å²) in [5, 5.41) is 2.24. The average molecular weight is 336 g/mol. The van der Waals surface area contributed by atoms with Crippen LogP contribution in [0.2, 0.25) is 15.1 Å². The summed E-state index contributed by atoms with van der Waals surface area (Å²) < 4.78 is 0. The third kappa shape index (κ3) is 3.34. The summed E-state index contributed by atoms with van der Waals surface area (Å²) in [4.78, 5) is 5.46. The molecule has 0 amide bonds. The molecule has 0 atom stereocenters. The number of hydrogen-bond donors (Lipinski definition) is 1. The third-order valence-corrected chi connectivity index (χ3v) is 4.53. The topological polar surface area (TPSA) is 38.9 Å². The van der Waals surface area contributed by atoms with Gasteiger partial charge in [0.1, 0.15) is 0 Å². The molecule has 0 saturated heterocycles. The number of hydrogen-bond acceptors (Lipinski definition) is 3. The Morgan fingerprint density at radius 2 is 1.79 bits per heavy atom. The van der Waals surface area contributed by atoms with Crippen LogP contribution in [0.15, 0.2) is 12.1 Å². The van der Waals surface area contributed by atoms with Gasteiger partial charge in [0.15, 0.2) is 5.13 Å². The number of benzene rings is 1. The fraction of sp³-hybridized carbons (Fsp3) is 0.308. The van der Waals surface area contributed by atoms with E-state index in [0.717, 1.165) is 16.1 Å². The van der Waals surface area contributed by atoms with E-state index in [4.69, 9.17) is 40.5 Å². The van der Waals surface area contributed by atoms with Crippen molar-refractivity contribution in [3.8, 4) is 0 Å².